The molecule has 1 N–H and O–H groups in total. The van der Waals surface area contributed by atoms with Crippen molar-refractivity contribution >= 4 is 17.5 Å². The molecule has 0 saturated carbocycles. The first-order valence-electron chi connectivity index (χ1n) is 9.77. The van der Waals surface area contributed by atoms with Crippen LogP contribution in [0.3, 0.4) is 0 Å². The fourth-order valence-corrected chi connectivity index (χ4v) is 3.83. The molecule has 0 aromatic heterocycles. The third-order valence-electron chi connectivity index (χ3n) is 5.36. The van der Waals surface area contributed by atoms with Gasteiger partial charge in [0.1, 0.15) is 0 Å². The highest BCUT2D eigenvalue weighted by atomic mass is 16.7. The lowest BCUT2D eigenvalue weighted by Gasteiger charge is -2.35. The zero-order chi connectivity index (χ0) is 19.5. The van der Waals surface area contributed by atoms with Crippen LogP contribution in [0.1, 0.15) is 53.3 Å². The van der Waals surface area contributed by atoms with Crippen LogP contribution in [0.4, 0.5) is 5.69 Å². The number of likely N-dealkylation sites (tertiary alicyclic amines) is 1. The molecular weight excluding hydrogens is 356 g/mol. The molecule has 2 amide bonds. The molecule has 0 spiro atoms. The second-order valence-electron chi connectivity index (χ2n) is 7.16. The molecule has 0 aliphatic carbocycles. The summed E-state index contributed by atoms with van der Waals surface area (Å²) in [6, 6.07) is 12.5. The Labute approximate surface area is 164 Å². The van der Waals surface area contributed by atoms with Crippen molar-refractivity contribution in [1.29, 1.82) is 0 Å². The number of amides is 2. The number of nitrogens with zero attached hydrogens (tertiary/aromatic N) is 1. The highest BCUT2D eigenvalue weighted by Crippen LogP contribution is 2.34. The summed E-state index contributed by atoms with van der Waals surface area (Å²) in [5.74, 6) is 1.01. The largest absolute Gasteiger partial charge is 0.454 e. The molecule has 2 heterocycles. The SMILES string of the molecule is CCC1CCCCN1C(=O)c1cccc(C(=O)Nc2ccc3c(c2)OCO3)c1. The van der Waals surface area contributed by atoms with Crippen LogP contribution in [0.2, 0.25) is 0 Å². The molecule has 2 aromatic carbocycles. The van der Waals surface area contributed by atoms with Gasteiger partial charge in [0.05, 0.1) is 0 Å². The van der Waals surface area contributed by atoms with Gasteiger partial charge in [-0.25, -0.2) is 0 Å². The Morgan fingerprint density at radius 2 is 1.89 bits per heavy atom. The lowest BCUT2D eigenvalue weighted by molar-refractivity contribution is 0.0608. The van der Waals surface area contributed by atoms with Crippen molar-refractivity contribution in [2.75, 3.05) is 18.7 Å². The highest BCUT2D eigenvalue weighted by Gasteiger charge is 2.26. The Morgan fingerprint density at radius 1 is 1.07 bits per heavy atom. The molecule has 2 aliphatic rings. The quantitative estimate of drug-likeness (QED) is 0.868. The minimum absolute atomic E-state index is 0.00396. The third kappa shape index (κ3) is 3.67. The van der Waals surface area contributed by atoms with Gasteiger partial charge in [0.2, 0.25) is 6.79 Å². The summed E-state index contributed by atoms with van der Waals surface area (Å²) in [4.78, 5) is 27.6. The summed E-state index contributed by atoms with van der Waals surface area (Å²) in [7, 11) is 0. The smallest absolute Gasteiger partial charge is 0.255 e. The Kier molecular flexibility index (Phi) is 5.19. The molecule has 1 fully saturated rings. The standard InChI is InChI=1S/C22H24N2O4/c1-2-18-8-3-4-11-24(18)22(26)16-7-5-6-15(12-16)21(25)23-17-9-10-19-20(13-17)28-14-27-19/h5-7,9-10,12-13,18H,2-4,8,11,14H2,1H3,(H,23,25). The number of anilines is 1. The van der Waals surface area contributed by atoms with Gasteiger partial charge in [-0.1, -0.05) is 13.0 Å². The van der Waals surface area contributed by atoms with Crippen LogP contribution in [0, 0.1) is 0 Å². The number of fused-ring (bicyclic) bond motifs is 1. The fourth-order valence-electron chi connectivity index (χ4n) is 3.83. The molecular formula is C22H24N2O4. The van der Waals surface area contributed by atoms with E-state index in [2.05, 4.69) is 12.2 Å². The van der Waals surface area contributed by atoms with E-state index in [4.69, 9.17) is 9.47 Å². The number of hydrogen-bond donors (Lipinski definition) is 1. The monoisotopic (exact) mass is 380 g/mol. The minimum Gasteiger partial charge on any atom is -0.454 e. The van der Waals surface area contributed by atoms with Gasteiger partial charge in [0.15, 0.2) is 11.5 Å². The maximum Gasteiger partial charge on any atom is 0.255 e. The predicted molar refractivity (Wildman–Crippen MR) is 106 cm³/mol. The zero-order valence-corrected chi connectivity index (χ0v) is 15.9. The normalized spacial score (nSPS) is 18.0. The van der Waals surface area contributed by atoms with Crippen molar-refractivity contribution < 1.29 is 19.1 Å². The first-order valence-corrected chi connectivity index (χ1v) is 9.77. The van der Waals surface area contributed by atoms with Crippen LogP contribution in [0.25, 0.3) is 0 Å². The van der Waals surface area contributed by atoms with Crippen LogP contribution >= 0.6 is 0 Å². The van der Waals surface area contributed by atoms with E-state index in [1.165, 1.54) is 6.42 Å². The van der Waals surface area contributed by atoms with Gasteiger partial charge in [-0.2, -0.15) is 0 Å². The number of nitrogens with one attached hydrogen (secondary N) is 1. The summed E-state index contributed by atoms with van der Waals surface area (Å²) >= 11 is 0. The fraction of sp³-hybridized carbons (Fsp3) is 0.364. The molecule has 28 heavy (non-hydrogen) atoms. The van der Waals surface area contributed by atoms with E-state index in [-0.39, 0.29) is 24.6 Å². The Hall–Kier alpha value is -3.02. The minimum atomic E-state index is -0.265. The maximum atomic E-state index is 13.0. The van der Waals surface area contributed by atoms with E-state index >= 15 is 0 Å². The average molecular weight is 380 g/mol. The molecule has 2 aromatic rings. The summed E-state index contributed by atoms with van der Waals surface area (Å²) in [5, 5.41) is 2.85. The first-order chi connectivity index (χ1) is 13.7. The molecule has 1 atom stereocenters. The van der Waals surface area contributed by atoms with E-state index in [0.29, 0.717) is 28.3 Å². The van der Waals surface area contributed by atoms with Crippen LogP contribution in [0.5, 0.6) is 11.5 Å². The number of ether oxygens (including phenoxy) is 2. The number of hydrogen-bond acceptors (Lipinski definition) is 4. The second kappa shape index (κ2) is 7.92. The van der Waals surface area contributed by atoms with Gasteiger partial charge in [0, 0.05) is 35.5 Å². The summed E-state index contributed by atoms with van der Waals surface area (Å²) < 4.78 is 10.6. The highest BCUT2D eigenvalue weighted by molar-refractivity contribution is 6.06. The molecule has 4 rings (SSSR count). The maximum absolute atomic E-state index is 13.0. The van der Waals surface area contributed by atoms with Crippen LogP contribution < -0.4 is 14.8 Å². The van der Waals surface area contributed by atoms with Gasteiger partial charge in [-0.15, -0.1) is 0 Å². The number of benzene rings is 2. The predicted octanol–water partition coefficient (Wildman–Crippen LogP) is 4.07. The molecule has 146 valence electrons. The molecule has 2 aliphatic heterocycles. The van der Waals surface area contributed by atoms with E-state index in [0.717, 1.165) is 25.8 Å². The van der Waals surface area contributed by atoms with Crippen molar-refractivity contribution in [3.63, 3.8) is 0 Å². The van der Waals surface area contributed by atoms with Crippen molar-refractivity contribution in [2.45, 2.75) is 38.6 Å². The molecule has 1 unspecified atom stereocenters. The van der Waals surface area contributed by atoms with Gasteiger partial charge < -0.3 is 19.7 Å². The average Bonchev–Trinajstić information content (AvgIpc) is 3.21. The van der Waals surface area contributed by atoms with Crippen LogP contribution in [-0.2, 0) is 0 Å². The van der Waals surface area contributed by atoms with Crippen molar-refractivity contribution in [3.05, 3.63) is 53.6 Å². The van der Waals surface area contributed by atoms with Gasteiger partial charge in [0.25, 0.3) is 11.8 Å². The lowest BCUT2D eigenvalue weighted by Crippen LogP contribution is -2.43. The van der Waals surface area contributed by atoms with Crippen molar-refractivity contribution in [1.82, 2.24) is 4.90 Å². The topological polar surface area (TPSA) is 67.9 Å². The summed E-state index contributed by atoms with van der Waals surface area (Å²) in [6.07, 6.45) is 4.20. The second-order valence-corrected chi connectivity index (χ2v) is 7.16. The summed E-state index contributed by atoms with van der Waals surface area (Å²) in [6.45, 7) is 3.09. The third-order valence-corrected chi connectivity index (χ3v) is 5.36. The van der Waals surface area contributed by atoms with Gasteiger partial charge >= 0.3 is 0 Å². The summed E-state index contributed by atoms with van der Waals surface area (Å²) in [5.41, 5.74) is 1.63. The molecule has 6 nitrogen and oxygen atoms in total. The van der Waals surface area contributed by atoms with Crippen LogP contribution in [-0.4, -0.2) is 36.1 Å². The number of carbonyl (C=O) groups excluding carboxylic acids is 2. The Balaban J connectivity index is 1.50. The Bertz CT molecular complexity index is 896. The van der Waals surface area contributed by atoms with Gasteiger partial charge in [-0.05, 0) is 56.0 Å². The lowest BCUT2D eigenvalue weighted by atomic mass is 9.98. The Morgan fingerprint density at radius 3 is 2.75 bits per heavy atom. The van der Waals surface area contributed by atoms with Crippen molar-refractivity contribution in [3.8, 4) is 11.5 Å². The van der Waals surface area contributed by atoms with Crippen LogP contribution in [0.15, 0.2) is 42.5 Å². The molecule has 0 bridgehead atoms. The first kappa shape index (κ1) is 18.3. The van der Waals surface area contributed by atoms with E-state index < -0.39 is 0 Å². The molecule has 6 heteroatoms. The van der Waals surface area contributed by atoms with Crippen molar-refractivity contribution in [2.24, 2.45) is 0 Å². The number of rotatable bonds is 4. The van der Waals surface area contributed by atoms with Gasteiger partial charge in [-0.3, -0.25) is 9.59 Å². The number of carbonyl (C=O) groups is 2. The number of piperidine rings is 1. The zero-order valence-electron chi connectivity index (χ0n) is 15.9. The van der Waals surface area contributed by atoms with E-state index in [1.54, 1.807) is 42.5 Å². The van der Waals surface area contributed by atoms with E-state index in [9.17, 15) is 9.59 Å². The molecule has 0 radical (unpaired) electrons. The molecule has 1 saturated heterocycles. The van der Waals surface area contributed by atoms with E-state index in [1.807, 2.05) is 4.90 Å².